The first-order valence-electron chi connectivity index (χ1n) is 8.11. The summed E-state index contributed by atoms with van der Waals surface area (Å²) < 4.78 is 4.93. The summed E-state index contributed by atoms with van der Waals surface area (Å²) in [5.74, 6) is -0.474. The Morgan fingerprint density at radius 1 is 1.12 bits per heavy atom. The Morgan fingerprint density at radius 3 is 2.44 bits per heavy atom. The summed E-state index contributed by atoms with van der Waals surface area (Å²) in [6, 6.07) is 14.3. The van der Waals surface area contributed by atoms with Crippen molar-refractivity contribution in [2.75, 3.05) is 25.5 Å². The van der Waals surface area contributed by atoms with Crippen LogP contribution < -0.4 is 10.2 Å². The molecule has 0 saturated carbocycles. The number of quaternary nitrogens is 1. The first kappa shape index (κ1) is 19.0. The summed E-state index contributed by atoms with van der Waals surface area (Å²) in [5.41, 5.74) is 2.11. The molecule has 0 radical (unpaired) electrons. The molecule has 0 aliphatic rings. The van der Waals surface area contributed by atoms with Gasteiger partial charge in [-0.05, 0) is 37.3 Å². The molecule has 0 aromatic heterocycles. The van der Waals surface area contributed by atoms with Crippen LogP contribution in [0.25, 0.3) is 0 Å². The first-order valence-corrected chi connectivity index (χ1v) is 8.49. The molecule has 25 heavy (non-hydrogen) atoms. The highest BCUT2D eigenvalue weighted by atomic mass is 35.5. The number of carbonyl (C=O) groups is 2. The molecular formula is C19H22ClN2O3+. The van der Waals surface area contributed by atoms with Gasteiger partial charge < -0.3 is 15.0 Å². The lowest BCUT2D eigenvalue weighted by molar-refractivity contribution is -0.885. The maximum Gasteiger partial charge on any atom is 0.338 e. The molecule has 132 valence electrons. The van der Waals surface area contributed by atoms with E-state index in [0.717, 1.165) is 10.5 Å². The van der Waals surface area contributed by atoms with Gasteiger partial charge >= 0.3 is 5.97 Å². The van der Waals surface area contributed by atoms with Crippen molar-refractivity contribution in [3.63, 3.8) is 0 Å². The van der Waals surface area contributed by atoms with E-state index >= 15 is 0 Å². The van der Waals surface area contributed by atoms with E-state index in [4.69, 9.17) is 16.3 Å². The molecule has 5 nitrogen and oxygen atoms in total. The number of nitrogens with one attached hydrogen (secondary N) is 2. The summed E-state index contributed by atoms with van der Waals surface area (Å²) in [7, 11) is 1.94. The van der Waals surface area contributed by atoms with Gasteiger partial charge in [0, 0.05) is 16.3 Å². The van der Waals surface area contributed by atoms with Crippen LogP contribution in [0.4, 0.5) is 5.69 Å². The van der Waals surface area contributed by atoms with Crippen LogP contribution in [0.15, 0.2) is 48.5 Å². The number of amides is 1. The maximum atomic E-state index is 12.2. The van der Waals surface area contributed by atoms with Gasteiger partial charge in [0.2, 0.25) is 0 Å². The molecule has 2 N–H and O–H groups in total. The number of hydrogen-bond donors (Lipinski definition) is 2. The quantitative estimate of drug-likeness (QED) is 0.743. The van der Waals surface area contributed by atoms with Crippen LogP contribution in [0.1, 0.15) is 22.8 Å². The van der Waals surface area contributed by atoms with Crippen molar-refractivity contribution in [3.05, 3.63) is 64.7 Å². The Bertz CT molecular complexity index is 732. The van der Waals surface area contributed by atoms with E-state index in [1.54, 1.807) is 31.2 Å². The Kier molecular flexibility index (Phi) is 6.98. The SMILES string of the molecule is CCOC(=O)c1ccc(NC(=O)C[NH+](C)Cc2ccccc2Cl)cc1. The Balaban J connectivity index is 1.87. The summed E-state index contributed by atoms with van der Waals surface area (Å²) in [5, 5.41) is 3.53. The summed E-state index contributed by atoms with van der Waals surface area (Å²) in [4.78, 5) is 24.8. The predicted octanol–water partition coefficient (Wildman–Crippen LogP) is 2.17. The second-order valence-electron chi connectivity index (χ2n) is 5.75. The zero-order valence-corrected chi connectivity index (χ0v) is 15.1. The average molecular weight is 362 g/mol. The lowest BCUT2D eigenvalue weighted by Crippen LogP contribution is -3.08. The molecule has 0 fully saturated rings. The summed E-state index contributed by atoms with van der Waals surface area (Å²) in [6.07, 6.45) is 0. The molecule has 1 unspecified atom stereocenters. The van der Waals surface area contributed by atoms with E-state index in [1.165, 1.54) is 0 Å². The number of likely N-dealkylation sites (N-methyl/N-ethyl adjacent to an activating group) is 1. The summed E-state index contributed by atoms with van der Waals surface area (Å²) in [6.45, 7) is 3.06. The van der Waals surface area contributed by atoms with E-state index in [2.05, 4.69) is 5.32 Å². The number of hydrogen-bond acceptors (Lipinski definition) is 3. The fourth-order valence-electron chi connectivity index (χ4n) is 2.41. The highest BCUT2D eigenvalue weighted by Crippen LogP contribution is 2.13. The van der Waals surface area contributed by atoms with Gasteiger partial charge in [-0.3, -0.25) is 4.79 Å². The second-order valence-corrected chi connectivity index (χ2v) is 6.16. The van der Waals surface area contributed by atoms with Gasteiger partial charge in [-0.15, -0.1) is 0 Å². The van der Waals surface area contributed by atoms with Crippen molar-refractivity contribution in [1.29, 1.82) is 0 Å². The van der Waals surface area contributed by atoms with E-state index < -0.39 is 0 Å². The Labute approximate surface area is 152 Å². The monoisotopic (exact) mass is 361 g/mol. The standard InChI is InChI=1S/C19H21ClN2O3/c1-3-25-19(24)14-8-10-16(11-9-14)21-18(23)13-22(2)12-15-6-4-5-7-17(15)20/h4-11H,3,12-13H2,1-2H3,(H,21,23)/p+1. The van der Waals surface area contributed by atoms with E-state index in [1.807, 2.05) is 31.3 Å². The Morgan fingerprint density at radius 2 is 1.80 bits per heavy atom. The van der Waals surface area contributed by atoms with Gasteiger partial charge in [0.15, 0.2) is 6.54 Å². The van der Waals surface area contributed by atoms with Gasteiger partial charge in [-0.1, -0.05) is 29.8 Å². The molecule has 2 aromatic carbocycles. The molecule has 2 aromatic rings. The molecular weight excluding hydrogens is 340 g/mol. The number of benzene rings is 2. The van der Waals surface area contributed by atoms with E-state index in [9.17, 15) is 9.59 Å². The number of halogens is 1. The molecule has 0 heterocycles. The van der Waals surface area contributed by atoms with Gasteiger partial charge in [0.1, 0.15) is 6.54 Å². The van der Waals surface area contributed by atoms with Gasteiger partial charge in [-0.25, -0.2) is 4.79 Å². The fraction of sp³-hybridized carbons (Fsp3) is 0.263. The smallest absolute Gasteiger partial charge is 0.338 e. The minimum Gasteiger partial charge on any atom is -0.462 e. The third-order valence-electron chi connectivity index (χ3n) is 3.59. The third-order valence-corrected chi connectivity index (χ3v) is 3.96. The first-order chi connectivity index (χ1) is 12.0. The molecule has 6 heteroatoms. The van der Waals surface area contributed by atoms with Crippen molar-refractivity contribution < 1.29 is 19.2 Å². The van der Waals surface area contributed by atoms with Crippen LogP contribution in [0.2, 0.25) is 5.02 Å². The Hall–Kier alpha value is -2.37. The minimum absolute atomic E-state index is 0.103. The number of ether oxygens (including phenoxy) is 1. The lowest BCUT2D eigenvalue weighted by Gasteiger charge is -2.14. The molecule has 0 aliphatic heterocycles. The van der Waals surface area contributed by atoms with E-state index in [-0.39, 0.29) is 11.9 Å². The third kappa shape index (κ3) is 5.89. The highest BCUT2D eigenvalue weighted by molar-refractivity contribution is 6.31. The fourth-order valence-corrected chi connectivity index (χ4v) is 2.62. The van der Waals surface area contributed by atoms with Crippen molar-refractivity contribution in [2.45, 2.75) is 13.5 Å². The molecule has 0 aliphatic carbocycles. The zero-order chi connectivity index (χ0) is 18.2. The van der Waals surface area contributed by atoms with Crippen molar-refractivity contribution in [1.82, 2.24) is 0 Å². The van der Waals surface area contributed by atoms with Crippen LogP contribution >= 0.6 is 11.6 Å². The van der Waals surface area contributed by atoms with Crippen molar-refractivity contribution in [2.24, 2.45) is 0 Å². The van der Waals surface area contributed by atoms with E-state index in [0.29, 0.717) is 36.0 Å². The van der Waals surface area contributed by atoms with Crippen molar-refractivity contribution >= 4 is 29.2 Å². The molecule has 1 amide bonds. The molecule has 1 atom stereocenters. The average Bonchev–Trinajstić information content (AvgIpc) is 2.57. The largest absolute Gasteiger partial charge is 0.462 e. The van der Waals surface area contributed by atoms with Gasteiger partial charge in [0.05, 0.1) is 19.2 Å². The van der Waals surface area contributed by atoms with Crippen LogP contribution in [0.5, 0.6) is 0 Å². The van der Waals surface area contributed by atoms with Crippen LogP contribution in [-0.2, 0) is 16.1 Å². The van der Waals surface area contributed by atoms with Gasteiger partial charge in [-0.2, -0.15) is 0 Å². The number of esters is 1. The van der Waals surface area contributed by atoms with Crippen molar-refractivity contribution in [3.8, 4) is 0 Å². The lowest BCUT2D eigenvalue weighted by atomic mass is 10.2. The predicted molar refractivity (Wildman–Crippen MR) is 97.9 cm³/mol. The topological polar surface area (TPSA) is 59.8 Å². The second kappa shape index (κ2) is 9.20. The zero-order valence-electron chi connectivity index (χ0n) is 14.3. The minimum atomic E-state index is -0.371. The molecule has 0 bridgehead atoms. The molecule has 0 spiro atoms. The number of carbonyl (C=O) groups excluding carboxylic acids is 2. The summed E-state index contributed by atoms with van der Waals surface area (Å²) >= 11 is 6.15. The maximum absolute atomic E-state index is 12.2. The van der Waals surface area contributed by atoms with Crippen LogP contribution in [0.3, 0.4) is 0 Å². The van der Waals surface area contributed by atoms with Crippen LogP contribution in [0, 0.1) is 0 Å². The normalized spacial score (nSPS) is 11.6. The number of anilines is 1. The van der Waals surface area contributed by atoms with Gasteiger partial charge in [0.25, 0.3) is 5.91 Å². The molecule has 0 saturated heterocycles. The number of rotatable bonds is 7. The van der Waals surface area contributed by atoms with Crippen LogP contribution in [-0.4, -0.2) is 32.1 Å². The molecule has 2 rings (SSSR count). The highest BCUT2D eigenvalue weighted by Gasteiger charge is 2.13.